The number of halogens is 1. The van der Waals surface area contributed by atoms with Crippen LogP contribution < -0.4 is 5.32 Å². The highest BCUT2D eigenvalue weighted by molar-refractivity contribution is 5.28. The van der Waals surface area contributed by atoms with Crippen LogP contribution in [0.15, 0.2) is 18.2 Å². The van der Waals surface area contributed by atoms with E-state index in [0.29, 0.717) is 0 Å². The maximum absolute atomic E-state index is 13.6. The standard InChI is InChI=1S/C16H24FN/c1-12-9-13(11-14(17)10-12)15(18-3)16(2)7-5-4-6-8-16/h9-11,15,18H,4-8H2,1-3H3. The molecule has 0 aromatic heterocycles. The number of aryl methyl sites for hydroxylation is 1. The highest BCUT2D eigenvalue weighted by Gasteiger charge is 2.35. The van der Waals surface area contributed by atoms with Crippen molar-refractivity contribution in [2.75, 3.05) is 7.05 Å². The zero-order valence-corrected chi connectivity index (χ0v) is 11.7. The van der Waals surface area contributed by atoms with Gasteiger partial charge in [0.2, 0.25) is 0 Å². The average molecular weight is 249 g/mol. The summed E-state index contributed by atoms with van der Waals surface area (Å²) in [5.41, 5.74) is 2.36. The number of rotatable bonds is 3. The van der Waals surface area contributed by atoms with Gasteiger partial charge in [0, 0.05) is 6.04 Å². The van der Waals surface area contributed by atoms with Crippen molar-refractivity contribution in [2.45, 2.75) is 52.0 Å². The SMILES string of the molecule is CNC(c1cc(C)cc(F)c1)C1(C)CCCCC1. The Balaban J connectivity index is 2.31. The highest BCUT2D eigenvalue weighted by Crippen LogP contribution is 2.45. The average Bonchev–Trinajstić information content (AvgIpc) is 2.29. The first kappa shape index (κ1) is 13.5. The maximum atomic E-state index is 13.6. The van der Waals surface area contributed by atoms with E-state index in [2.05, 4.69) is 18.3 Å². The zero-order valence-electron chi connectivity index (χ0n) is 11.7. The van der Waals surface area contributed by atoms with Gasteiger partial charge in [0.05, 0.1) is 0 Å². The second-order valence-corrected chi connectivity index (χ2v) is 6.00. The molecule has 100 valence electrons. The second kappa shape index (κ2) is 5.40. The minimum absolute atomic E-state index is 0.121. The van der Waals surface area contributed by atoms with Gasteiger partial charge >= 0.3 is 0 Å². The first-order valence-electron chi connectivity index (χ1n) is 6.99. The fourth-order valence-electron chi connectivity index (χ4n) is 3.50. The van der Waals surface area contributed by atoms with E-state index >= 15 is 0 Å². The third-order valence-electron chi connectivity index (χ3n) is 4.38. The lowest BCUT2D eigenvalue weighted by molar-refractivity contribution is 0.150. The minimum atomic E-state index is -0.121. The van der Waals surface area contributed by atoms with Crippen molar-refractivity contribution in [2.24, 2.45) is 5.41 Å². The van der Waals surface area contributed by atoms with Gasteiger partial charge < -0.3 is 5.32 Å². The van der Waals surface area contributed by atoms with Crippen LogP contribution in [0.1, 0.15) is 56.2 Å². The van der Waals surface area contributed by atoms with Crippen molar-refractivity contribution in [3.05, 3.63) is 35.1 Å². The summed E-state index contributed by atoms with van der Waals surface area (Å²) in [6.45, 7) is 4.30. The molecule has 0 heterocycles. The van der Waals surface area contributed by atoms with Crippen LogP contribution >= 0.6 is 0 Å². The van der Waals surface area contributed by atoms with Gasteiger partial charge in [-0.15, -0.1) is 0 Å². The molecule has 0 radical (unpaired) electrons. The Hall–Kier alpha value is -0.890. The van der Waals surface area contributed by atoms with Gasteiger partial charge in [0.15, 0.2) is 0 Å². The molecular formula is C16H24FN. The molecule has 0 saturated heterocycles. The molecule has 1 aliphatic carbocycles. The summed E-state index contributed by atoms with van der Waals surface area (Å²) in [5, 5.41) is 3.42. The number of hydrogen-bond acceptors (Lipinski definition) is 1. The van der Waals surface area contributed by atoms with Gasteiger partial charge in [-0.05, 0) is 55.5 Å². The van der Waals surface area contributed by atoms with Crippen LogP contribution in [0.2, 0.25) is 0 Å². The topological polar surface area (TPSA) is 12.0 Å². The normalized spacial score (nSPS) is 20.7. The Kier molecular flexibility index (Phi) is 4.06. The van der Waals surface area contributed by atoms with Crippen molar-refractivity contribution in [3.8, 4) is 0 Å². The van der Waals surface area contributed by atoms with Crippen molar-refractivity contribution >= 4 is 0 Å². The number of hydrogen-bond donors (Lipinski definition) is 1. The molecule has 1 aromatic carbocycles. The van der Waals surface area contributed by atoms with Crippen LogP contribution in [0, 0.1) is 18.2 Å². The van der Waals surface area contributed by atoms with E-state index in [1.54, 1.807) is 12.1 Å². The van der Waals surface area contributed by atoms with E-state index < -0.39 is 0 Å². The first-order chi connectivity index (χ1) is 8.55. The van der Waals surface area contributed by atoms with Crippen molar-refractivity contribution < 1.29 is 4.39 Å². The molecule has 0 spiro atoms. The third kappa shape index (κ3) is 2.74. The van der Waals surface area contributed by atoms with E-state index in [-0.39, 0.29) is 17.3 Å². The molecule has 0 bridgehead atoms. The van der Waals surface area contributed by atoms with Crippen LogP contribution in [0.4, 0.5) is 4.39 Å². The quantitative estimate of drug-likeness (QED) is 0.839. The van der Waals surface area contributed by atoms with Crippen LogP contribution in [0.3, 0.4) is 0 Å². The zero-order chi connectivity index (χ0) is 13.2. The highest BCUT2D eigenvalue weighted by atomic mass is 19.1. The summed E-state index contributed by atoms with van der Waals surface area (Å²) < 4.78 is 13.6. The molecule has 2 heteroatoms. The predicted octanol–water partition coefficient (Wildman–Crippen LogP) is 4.37. The molecule has 1 atom stereocenters. The smallest absolute Gasteiger partial charge is 0.123 e. The molecule has 1 unspecified atom stereocenters. The lowest BCUT2D eigenvalue weighted by Gasteiger charge is -2.41. The molecule has 1 nitrogen and oxygen atoms in total. The Morgan fingerprint density at radius 1 is 1.17 bits per heavy atom. The molecule has 18 heavy (non-hydrogen) atoms. The molecule has 1 aliphatic rings. The van der Waals surface area contributed by atoms with Crippen molar-refractivity contribution in [1.82, 2.24) is 5.32 Å². The minimum Gasteiger partial charge on any atom is -0.313 e. The summed E-state index contributed by atoms with van der Waals surface area (Å²) in [6, 6.07) is 5.66. The third-order valence-corrected chi connectivity index (χ3v) is 4.38. The molecule has 2 rings (SSSR count). The largest absolute Gasteiger partial charge is 0.313 e. The number of benzene rings is 1. The van der Waals surface area contributed by atoms with E-state index in [1.807, 2.05) is 14.0 Å². The summed E-state index contributed by atoms with van der Waals surface area (Å²) in [7, 11) is 1.99. The van der Waals surface area contributed by atoms with E-state index in [0.717, 1.165) is 11.1 Å². The van der Waals surface area contributed by atoms with Crippen LogP contribution in [0.5, 0.6) is 0 Å². The molecule has 0 aliphatic heterocycles. The lowest BCUT2D eigenvalue weighted by Crippen LogP contribution is -2.36. The molecule has 1 aromatic rings. The fraction of sp³-hybridized carbons (Fsp3) is 0.625. The van der Waals surface area contributed by atoms with E-state index in [4.69, 9.17) is 0 Å². The molecular weight excluding hydrogens is 225 g/mol. The van der Waals surface area contributed by atoms with Crippen LogP contribution in [0.25, 0.3) is 0 Å². The molecule has 1 N–H and O–H groups in total. The van der Waals surface area contributed by atoms with Crippen LogP contribution in [-0.2, 0) is 0 Å². The Bertz CT molecular complexity index is 387. The Morgan fingerprint density at radius 3 is 2.39 bits per heavy atom. The lowest BCUT2D eigenvalue weighted by atomic mass is 9.68. The van der Waals surface area contributed by atoms with Gasteiger partial charge in [-0.3, -0.25) is 0 Å². The maximum Gasteiger partial charge on any atom is 0.123 e. The van der Waals surface area contributed by atoms with Crippen molar-refractivity contribution in [1.29, 1.82) is 0 Å². The fourth-order valence-corrected chi connectivity index (χ4v) is 3.50. The molecule has 0 amide bonds. The summed E-state index contributed by atoms with van der Waals surface area (Å²) >= 11 is 0. The van der Waals surface area contributed by atoms with Crippen molar-refractivity contribution in [3.63, 3.8) is 0 Å². The monoisotopic (exact) mass is 249 g/mol. The predicted molar refractivity (Wildman–Crippen MR) is 74.1 cm³/mol. The number of nitrogens with one attached hydrogen (secondary N) is 1. The van der Waals surface area contributed by atoms with E-state index in [1.165, 1.54) is 32.1 Å². The Labute approximate surface area is 110 Å². The summed E-state index contributed by atoms with van der Waals surface area (Å²) in [5.74, 6) is -0.121. The van der Waals surface area contributed by atoms with E-state index in [9.17, 15) is 4.39 Å². The van der Waals surface area contributed by atoms with Gasteiger partial charge in [-0.2, -0.15) is 0 Å². The summed E-state index contributed by atoms with van der Waals surface area (Å²) in [6.07, 6.45) is 6.39. The van der Waals surface area contributed by atoms with Crippen LogP contribution in [-0.4, -0.2) is 7.05 Å². The summed E-state index contributed by atoms with van der Waals surface area (Å²) in [4.78, 5) is 0. The van der Waals surface area contributed by atoms with Gasteiger partial charge in [0.1, 0.15) is 5.82 Å². The first-order valence-corrected chi connectivity index (χ1v) is 6.99. The second-order valence-electron chi connectivity index (χ2n) is 6.00. The van der Waals surface area contributed by atoms with Gasteiger partial charge in [-0.1, -0.05) is 32.3 Å². The van der Waals surface area contributed by atoms with Gasteiger partial charge in [-0.25, -0.2) is 4.39 Å². The molecule has 1 saturated carbocycles. The Morgan fingerprint density at radius 2 is 1.83 bits per heavy atom. The van der Waals surface area contributed by atoms with Gasteiger partial charge in [0.25, 0.3) is 0 Å². The molecule has 1 fully saturated rings.